The molecule has 0 bridgehead atoms. The van der Waals surface area contributed by atoms with E-state index < -0.39 is 0 Å². The third kappa shape index (κ3) is 1.50. The fourth-order valence-corrected chi connectivity index (χ4v) is 2.00. The van der Waals surface area contributed by atoms with E-state index in [0.717, 1.165) is 26.8 Å². The highest BCUT2D eigenvalue weighted by molar-refractivity contribution is 6.37. The van der Waals surface area contributed by atoms with Crippen molar-refractivity contribution in [3.63, 3.8) is 0 Å². The van der Waals surface area contributed by atoms with Crippen LogP contribution in [-0.4, -0.2) is 15.4 Å². The molecule has 0 atom stereocenters. The smallest absolute Gasteiger partial charge is 0.0979 e. The lowest BCUT2D eigenvalue weighted by molar-refractivity contribution is 0.824. The molecule has 3 nitrogen and oxygen atoms in total. The highest BCUT2D eigenvalue weighted by Gasteiger charge is 2.05. The van der Waals surface area contributed by atoms with Gasteiger partial charge in [-0.1, -0.05) is 17.7 Å². The lowest BCUT2D eigenvalue weighted by Gasteiger charge is -2.03. The Hall–Kier alpha value is -1.71. The van der Waals surface area contributed by atoms with E-state index in [2.05, 4.69) is 9.97 Å². The molecule has 0 fully saturated rings. The molecule has 0 aliphatic carbocycles. The van der Waals surface area contributed by atoms with E-state index in [-0.39, 0.29) is 5.48 Å². The van der Waals surface area contributed by atoms with Crippen molar-refractivity contribution in [2.75, 3.05) is 0 Å². The molecular formula is C12H9ClN2O. The molecule has 2 N–H and O–H groups in total. The first-order valence-electron chi connectivity index (χ1n) is 4.64. The molecule has 0 saturated carbocycles. The van der Waals surface area contributed by atoms with E-state index in [1.54, 1.807) is 12.4 Å². The van der Waals surface area contributed by atoms with Crippen molar-refractivity contribution in [3.05, 3.63) is 47.7 Å². The van der Waals surface area contributed by atoms with Crippen molar-refractivity contribution in [1.29, 1.82) is 0 Å². The van der Waals surface area contributed by atoms with E-state index in [1.807, 2.05) is 30.3 Å². The maximum Gasteiger partial charge on any atom is 0.0979 e. The molecule has 0 aliphatic rings. The van der Waals surface area contributed by atoms with Gasteiger partial charge >= 0.3 is 0 Å². The van der Waals surface area contributed by atoms with E-state index in [4.69, 9.17) is 11.6 Å². The fourth-order valence-electron chi connectivity index (χ4n) is 1.73. The largest absolute Gasteiger partial charge is 0.412 e. The van der Waals surface area contributed by atoms with Gasteiger partial charge in [-0.25, -0.2) is 0 Å². The molecule has 2 aromatic heterocycles. The van der Waals surface area contributed by atoms with Gasteiger partial charge in [0.25, 0.3) is 0 Å². The Bertz CT molecular complexity index is 655. The average molecular weight is 233 g/mol. The van der Waals surface area contributed by atoms with Crippen molar-refractivity contribution in [3.8, 4) is 0 Å². The lowest BCUT2D eigenvalue weighted by atomic mass is 10.1. The van der Waals surface area contributed by atoms with E-state index in [1.165, 1.54) is 0 Å². The second kappa shape index (κ2) is 4.04. The van der Waals surface area contributed by atoms with Gasteiger partial charge in [-0.15, -0.1) is 0 Å². The third-order valence-corrected chi connectivity index (χ3v) is 2.72. The van der Waals surface area contributed by atoms with Crippen molar-refractivity contribution in [2.45, 2.75) is 0 Å². The second-order valence-electron chi connectivity index (χ2n) is 3.33. The molecule has 2 heterocycles. The summed E-state index contributed by atoms with van der Waals surface area (Å²) in [6.07, 6.45) is 3.52. The summed E-state index contributed by atoms with van der Waals surface area (Å²) in [6, 6.07) is 9.64. The Kier molecular flexibility index (Phi) is 2.73. The van der Waals surface area contributed by atoms with Gasteiger partial charge in [0.1, 0.15) is 0 Å². The predicted octanol–water partition coefficient (Wildman–Crippen LogP) is 2.61. The summed E-state index contributed by atoms with van der Waals surface area (Å²) in [4.78, 5) is 8.65. The summed E-state index contributed by atoms with van der Waals surface area (Å²) in [5.74, 6) is 0. The Morgan fingerprint density at radius 2 is 1.62 bits per heavy atom. The zero-order valence-corrected chi connectivity index (χ0v) is 9.07. The molecule has 4 heteroatoms. The average Bonchev–Trinajstić information content (AvgIpc) is 2.30. The van der Waals surface area contributed by atoms with Gasteiger partial charge in [0.2, 0.25) is 0 Å². The maximum atomic E-state index is 6.17. The Balaban J connectivity index is 0.000000963. The van der Waals surface area contributed by atoms with Crippen LogP contribution < -0.4 is 0 Å². The van der Waals surface area contributed by atoms with E-state index >= 15 is 0 Å². The number of halogens is 1. The first kappa shape index (κ1) is 10.8. The van der Waals surface area contributed by atoms with Crippen molar-refractivity contribution >= 4 is 33.4 Å². The van der Waals surface area contributed by atoms with Crippen LogP contribution in [0, 0.1) is 0 Å². The number of benzene rings is 1. The first-order valence-corrected chi connectivity index (χ1v) is 5.02. The topological polar surface area (TPSA) is 57.3 Å². The SMILES string of the molecule is Clc1cc2cccnc2c2ncccc12.O. The molecule has 3 aromatic rings. The molecule has 0 aliphatic heterocycles. The zero-order valence-electron chi connectivity index (χ0n) is 8.31. The minimum absolute atomic E-state index is 0. The number of rotatable bonds is 0. The first-order chi connectivity index (χ1) is 7.36. The van der Waals surface area contributed by atoms with Crippen LogP contribution in [0.4, 0.5) is 0 Å². The fraction of sp³-hybridized carbons (Fsp3) is 0. The minimum Gasteiger partial charge on any atom is -0.412 e. The lowest BCUT2D eigenvalue weighted by Crippen LogP contribution is -1.84. The van der Waals surface area contributed by atoms with Crippen LogP contribution in [0.2, 0.25) is 5.02 Å². The minimum atomic E-state index is 0. The number of hydrogen-bond donors (Lipinski definition) is 0. The summed E-state index contributed by atoms with van der Waals surface area (Å²) >= 11 is 6.17. The second-order valence-corrected chi connectivity index (χ2v) is 3.74. The molecule has 0 amide bonds. The van der Waals surface area contributed by atoms with Crippen LogP contribution in [0.25, 0.3) is 21.8 Å². The summed E-state index contributed by atoms with van der Waals surface area (Å²) in [5, 5.41) is 2.69. The molecule has 3 rings (SSSR count). The Morgan fingerprint density at radius 3 is 2.44 bits per heavy atom. The van der Waals surface area contributed by atoms with Crippen molar-refractivity contribution in [1.82, 2.24) is 9.97 Å². The van der Waals surface area contributed by atoms with Crippen LogP contribution in [0.3, 0.4) is 0 Å². The standard InChI is InChI=1S/C12H7ClN2.H2O/c13-10-7-8-3-1-5-14-11(8)12-9(10)4-2-6-15-12;/h1-7H;1H2. The quantitative estimate of drug-likeness (QED) is 0.560. The van der Waals surface area contributed by atoms with Crippen LogP contribution in [0.1, 0.15) is 0 Å². The molecule has 1 aromatic carbocycles. The predicted molar refractivity (Wildman–Crippen MR) is 65.7 cm³/mol. The van der Waals surface area contributed by atoms with Crippen LogP contribution in [0.5, 0.6) is 0 Å². The van der Waals surface area contributed by atoms with Crippen LogP contribution in [-0.2, 0) is 0 Å². The molecule has 0 spiro atoms. The van der Waals surface area contributed by atoms with Crippen LogP contribution in [0.15, 0.2) is 42.7 Å². The Morgan fingerprint density at radius 1 is 0.938 bits per heavy atom. The van der Waals surface area contributed by atoms with Crippen LogP contribution >= 0.6 is 11.6 Å². The van der Waals surface area contributed by atoms with Gasteiger partial charge in [0.05, 0.1) is 16.1 Å². The number of nitrogens with zero attached hydrogens (tertiary/aromatic N) is 2. The number of pyridine rings is 2. The maximum absolute atomic E-state index is 6.17. The summed E-state index contributed by atoms with van der Waals surface area (Å²) in [5.41, 5.74) is 1.76. The van der Waals surface area contributed by atoms with E-state index in [9.17, 15) is 0 Å². The number of fused-ring (bicyclic) bond motifs is 3. The molecule has 0 radical (unpaired) electrons. The van der Waals surface area contributed by atoms with Gasteiger partial charge in [-0.05, 0) is 24.3 Å². The van der Waals surface area contributed by atoms with Gasteiger partial charge < -0.3 is 5.48 Å². The monoisotopic (exact) mass is 232 g/mol. The number of aromatic nitrogens is 2. The molecule has 16 heavy (non-hydrogen) atoms. The van der Waals surface area contributed by atoms with Gasteiger partial charge in [0.15, 0.2) is 0 Å². The zero-order chi connectivity index (χ0) is 10.3. The van der Waals surface area contributed by atoms with Crippen molar-refractivity contribution in [2.24, 2.45) is 0 Å². The molecular weight excluding hydrogens is 224 g/mol. The summed E-state index contributed by atoms with van der Waals surface area (Å²) < 4.78 is 0. The summed E-state index contributed by atoms with van der Waals surface area (Å²) in [7, 11) is 0. The third-order valence-electron chi connectivity index (χ3n) is 2.41. The molecule has 0 saturated heterocycles. The van der Waals surface area contributed by atoms with E-state index in [0.29, 0.717) is 0 Å². The highest BCUT2D eigenvalue weighted by atomic mass is 35.5. The summed E-state index contributed by atoms with van der Waals surface area (Å²) in [6.45, 7) is 0. The number of hydrogen-bond acceptors (Lipinski definition) is 2. The Labute approximate surface area is 97.0 Å². The normalized spacial score (nSPS) is 10.3. The van der Waals surface area contributed by atoms with Gasteiger partial charge in [-0.3, -0.25) is 9.97 Å². The molecule has 80 valence electrons. The highest BCUT2D eigenvalue weighted by Crippen LogP contribution is 2.28. The molecule has 0 unspecified atom stereocenters. The van der Waals surface area contributed by atoms with Gasteiger partial charge in [0, 0.05) is 23.2 Å². The van der Waals surface area contributed by atoms with Gasteiger partial charge in [-0.2, -0.15) is 0 Å². The van der Waals surface area contributed by atoms with Crippen molar-refractivity contribution < 1.29 is 5.48 Å².